The van der Waals surface area contributed by atoms with Crippen molar-refractivity contribution in [2.75, 3.05) is 0 Å². The minimum Gasteiger partial charge on any atom is -0.479 e. The van der Waals surface area contributed by atoms with E-state index in [1.165, 1.54) is 49.4 Å². The number of ether oxygens (including phenoxy) is 1. The molecule has 0 aliphatic heterocycles. The van der Waals surface area contributed by atoms with Crippen molar-refractivity contribution >= 4 is 23.5 Å². The van der Waals surface area contributed by atoms with Crippen LogP contribution in [0.25, 0.3) is 6.08 Å². The lowest BCUT2D eigenvalue weighted by Gasteiger charge is -2.10. The Kier molecular flexibility index (Phi) is 5.62. The first-order valence-corrected chi connectivity index (χ1v) is 7.33. The van der Waals surface area contributed by atoms with Gasteiger partial charge >= 0.3 is 5.97 Å². The van der Waals surface area contributed by atoms with Crippen LogP contribution in [0, 0.1) is 10.1 Å². The van der Waals surface area contributed by atoms with Gasteiger partial charge in [-0.25, -0.2) is 4.79 Å². The van der Waals surface area contributed by atoms with Crippen molar-refractivity contribution in [1.82, 2.24) is 0 Å². The van der Waals surface area contributed by atoms with Crippen LogP contribution in [0.5, 0.6) is 5.75 Å². The molecule has 0 aliphatic carbocycles. The molecule has 0 unspecified atom stereocenters. The third-order valence-corrected chi connectivity index (χ3v) is 3.33. The van der Waals surface area contributed by atoms with Crippen LogP contribution in [-0.2, 0) is 4.79 Å². The van der Waals surface area contributed by atoms with Gasteiger partial charge in [-0.2, -0.15) is 0 Å². The molecular weight excluding hydrogens is 326 g/mol. The number of nitrogens with zero attached hydrogens (tertiary/aromatic N) is 1. The lowest BCUT2D eigenvalue weighted by atomic mass is 10.1. The Bertz CT molecular complexity index is 808. The highest BCUT2D eigenvalue weighted by Crippen LogP contribution is 2.16. The minimum absolute atomic E-state index is 0.0188. The standard InChI is InChI=1S/C18H15NO6/c1-12(18(21)22)25-16-9-5-14(6-10-16)17(20)11-4-13-2-7-15(8-3-13)19(23)24/h2-12H,1H3,(H,21,22)/b11-4+/t12-/m1/s1. The number of carbonyl (C=O) groups is 2. The Morgan fingerprint density at radius 3 is 2.24 bits per heavy atom. The molecule has 2 aromatic carbocycles. The predicted octanol–water partition coefficient (Wildman–Crippen LogP) is 3.34. The molecule has 0 amide bonds. The molecule has 0 aliphatic rings. The van der Waals surface area contributed by atoms with Crippen molar-refractivity contribution in [2.45, 2.75) is 13.0 Å². The van der Waals surface area contributed by atoms with Crippen LogP contribution >= 0.6 is 0 Å². The van der Waals surface area contributed by atoms with Crippen molar-refractivity contribution in [3.8, 4) is 5.75 Å². The van der Waals surface area contributed by atoms with E-state index in [0.29, 0.717) is 16.9 Å². The number of non-ortho nitro benzene ring substituents is 1. The van der Waals surface area contributed by atoms with Crippen LogP contribution in [0.1, 0.15) is 22.8 Å². The number of rotatable bonds is 7. The summed E-state index contributed by atoms with van der Waals surface area (Å²) >= 11 is 0. The quantitative estimate of drug-likeness (QED) is 0.358. The fraction of sp³-hybridized carbons (Fsp3) is 0.111. The summed E-state index contributed by atoms with van der Waals surface area (Å²) in [6.45, 7) is 1.41. The summed E-state index contributed by atoms with van der Waals surface area (Å²) in [7, 11) is 0. The van der Waals surface area contributed by atoms with Gasteiger partial charge in [0.25, 0.3) is 5.69 Å². The fourth-order valence-corrected chi connectivity index (χ4v) is 1.93. The maximum Gasteiger partial charge on any atom is 0.344 e. The summed E-state index contributed by atoms with van der Waals surface area (Å²) in [4.78, 5) is 32.9. The number of carboxylic acids is 1. The summed E-state index contributed by atoms with van der Waals surface area (Å²) < 4.78 is 5.19. The number of carbonyl (C=O) groups excluding carboxylic acids is 1. The maximum atomic E-state index is 12.1. The first-order valence-electron chi connectivity index (χ1n) is 7.33. The van der Waals surface area contributed by atoms with E-state index in [0.717, 1.165) is 0 Å². The highest BCUT2D eigenvalue weighted by molar-refractivity contribution is 6.06. The molecule has 0 heterocycles. The molecule has 7 nitrogen and oxygen atoms in total. The minimum atomic E-state index is -1.08. The van der Waals surface area contributed by atoms with E-state index >= 15 is 0 Å². The highest BCUT2D eigenvalue weighted by Gasteiger charge is 2.12. The second kappa shape index (κ2) is 7.87. The van der Waals surface area contributed by atoms with Crippen LogP contribution in [-0.4, -0.2) is 27.9 Å². The third-order valence-electron chi connectivity index (χ3n) is 3.33. The van der Waals surface area contributed by atoms with Gasteiger partial charge in [-0.3, -0.25) is 14.9 Å². The van der Waals surface area contributed by atoms with Crippen molar-refractivity contribution < 1.29 is 24.4 Å². The van der Waals surface area contributed by atoms with Gasteiger partial charge < -0.3 is 9.84 Å². The Morgan fingerprint density at radius 1 is 1.12 bits per heavy atom. The molecule has 0 bridgehead atoms. The molecule has 0 aromatic heterocycles. The van der Waals surface area contributed by atoms with Gasteiger partial charge in [0.15, 0.2) is 11.9 Å². The Labute approximate surface area is 143 Å². The molecule has 0 saturated heterocycles. The van der Waals surface area contributed by atoms with E-state index in [1.807, 2.05) is 0 Å². The SMILES string of the molecule is C[C@@H](Oc1ccc(C(=O)/C=C/c2ccc([N+](=O)[O-])cc2)cc1)C(=O)O. The number of carboxylic acid groups (broad SMARTS) is 1. The van der Waals surface area contributed by atoms with E-state index in [4.69, 9.17) is 9.84 Å². The van der Waals surface area contributed by atoms with Crippen LogP contribution < -0.4 is 4.74 Å². The summed E-state index contributed by atoms with van der Waals surface area (Å²) in [5.41, 5.74) is 1.05. The van der Waals surface area contributed by atoms with Crippen LogP contribution in [0.2, 0.25) is 0 Å². The zero-order chi connectivity index (χ0) is 18.4. The first kappa shape index (κ1) is 17.9. The van der Waals surface area contributed by atoms with Gasteiger partial charge in [-0.15, -0.1) is 0 Å². The van der Waals surface area contributed by atoms with E-state index in [2.05, 4.69) is 0 Å². The second-order valence-electron chi connectivity index (χ2n) is 5.17. The average molecular weight is 341 g/mol. The molecule has 25 heavy (non-hydrogen) atoms. The molecule has 2 rings (SSSR count). The molecule has 0 spiro atoms. The van der Waals surface area contributed by atoms with Crippen molar-refractivity contribution in [3.05, 3.63) is 75.8 Å². The molecular formula is C18H15NO6. The normalized spacial score (nSPS) is 11.9. The lowest BCUT2D eigenvalue weighted by Crippen LogP contribution is -2.22. The van der Waals surface area contributed by atoms with Gasteiger partial charge in [0, 0.05) is 17.7 Å². The summed E-state index contributed by atoms with van der Waals surface area (Å²) in [6, 6.07) is 11.9. The molecule has 0 saturated carbocycles. The number of nitro benzene ring substituents is 1. The molecule has 1 N–H and O–H groups in total. The first-order chi connectivity index (χ1) is 11.9. The Morgan fingerprint density at radius 2 is 1.72 bits per heavy atom. The maximum absolute atomic E-state index is 12.1. The summed E-state index contributed by atoms with van der Waals surface area (Å²) in [5.74, 6) is -0.979. The molecule has 0 radical (unpaired) electrons. The van der Waals surface area contributed by atoms with Crippen molar-refractivity contribution in [1.29, 1.82) is 0 Å². The topological polar surface area (TPSA) is 107 Å². The fourth-order valence-electron chi connectivity index (χ4n) is 1.93. The number of ketones is 1. The third kappa shape index (κ3) is 5.00. The molecule has 2 aromatic rings. The molecule has 1 atom stereocenters. The van der Waals surface area contributed by atoms with E-state index in [-0.39, 0.29) is 11.5 Å². The monoisotopic (exact) mass is 341 g/mol. The Balaban J connectivity index is 2.02. The largest absolute Gasteiger partial charge is 0.479 e. The molecule has 0 fully saturated rings. The smallest absolute Gasteiger partial charge is 0.344 e. The lowest BCUT2D eigenvalue weighted by molar-refractivity contribution is -0.384. The van der Waals surface area contributed by atoms with Crippen molar-refractivity contribution in [3.63, 3.8) is 0 Å². The van der Waals surface area contributed by atoms with Gasteiger partial charge in [-0.05, 0) is 55.0 Å². The van der Waals surface area contributed by atoms with Gasteiger partial charge in [0.1, 0.15) is 5.75 Å². The van der Waals surface area contributed by atoms with Gasteiger partial charge in [0.2, 0.25) is 0 Å². The number of benzene rings is 2. The molecule has 7 heteroatoms. The molecule has 128 valence electrons. The highest BCUT2D eigenvalue weighted by atomic mass is 16.6. The van der Waals surface area contributed by atoms with E-state index < -0.39 is 17.0 Å². The van der Waals surface area contributed by atoms with Gasteiger partial charge in [-0.1, -0.05) is 6.08 Å². The zero-order valence-electron chi connectivity index (χ0n) is 13.3. The number of hydrogen-bond acceptors (Lipinski definition) is 5. The number of hydrogen-bond donors (Lipinski definition) is 1. The van der Waals surface area contributed by atoms with Crippen molar-refractivity contribution in [2.24, 2.45) is 0 Å². The summed E-state index contributed by atoms with van der Waals surface area (Å²) in [6.07, 6.45) is 1.93. The number of aliphatic carboxylic acids is 1. The average Bonchev–Trinajstić information content (AvgIpc) is 2.60. The predicted molar refractivity (Wildman–Crippen MR) is 90.6 cm³/mol. The number of nitro groups is 1. The van der Waals surface area contributed by atoms with Crippen LogP contribution in [0.15, 0.2) is 54.6 Å². The van der Waals surface area contributed by atoms with Gasteiger partial charge in [0.05, 0.1) is 4.92 Å². The zero-order valence-corrected chi connectivity index (χ0v) is 13.3. The summed E-state index contributed by atoms with van der Waals surface area (Å²) in [5, 5.41) is 19.4. The van der Waals surface area contributed by atoms with E-state index in [1.54, 1.807) is 18.2 Å². The van der Waals surface area contributed by atoms with Crippen LogP contribution in [0.3, 0.4) is 0 Å². The Hall–Kier alpha value is -3.48. The van der Waals surface area contributed by atoms with Crippen LogP contribution in [0.4, 0.5) is 5.69 Å². The number of allylic oxidation sites excluding steroid dienone is 1. The van der Waals surface area contributed by atoms with E-state index in [9.17, 15) is 19.7 Å². The second-order valence-corrected chi connectivity index (χ2v) is 5.17.